The number of nitrogens with one attached hydrogen (secondary N) is 2. The van der Waals surface area contributed by atoms with Crippen LogP contribution in [0.5, 0.6) is 0 Å². The van der Waals surface area contributed by atoms with Crippen molar-refractivity contribution >= 4 is 29.1 Å². The number of anilines is 2. The van der Waals surface area contributed by atoms with Gasteiger partial charge in [0.2, 0.25) is 11.8 Å². The highest BCUT2D eigenvalue weighted by molar-refractivity contribution is 5.97. The summed E-state index contributed by atoms with van der Waals surface area (Å²) in [5.74, 6) is -0.0838. The topological polar surface area (TPSA) is 78.5 Å². The average Bonchev–Trinajstić information content (AvgIpc) is 3.11. The van der Waals surface area contributed by atoms with Gasteiger partial charge in [0.1, 0.15) is 0 Å². The second-order valence-electron chi connectivity index (χ2n) is 6.92. The maximum Gasteiger partial charge on any atom is 0.251 e. The van der Waals surface area contributed by atoms with E-state index in [9.17, 15) is 14.4 Å². The first-order valence-corrected chi connectivity index (χ1v) is 9.59. The van der Waals surface area contributed by atoms with Crippen LogP contribution in [0.3, 0.4) is 0 Å². The van der Waals surface area contributed by atoms with E-state index in [0.717, 1.165) is 24.2 Å². The van der Waals surface area contributed by atoms with Crippen molar-refractivity contribution in [2.45, 2.75) is 32.6 Å². The second kappa shape index (κ2) is 9.17. The molecule has 0 radical (unpaired) electrons. The molecule has 0 aliphatic carbocycles. The second-order valence-corrected chi connectivity index (χ2v) is 6.92. The van der Waals surface area contributed by atoms with Gasteiger partial charge < -0.3 is 15.5 Å². The molecule has 2 aromatic carbocycles. The Balaban J connectivity index is 1.44. The Hall–Kier alpha value is -3.15. The number of hydrogen-bond donors (Lipinski definition) is 2. The van der Waals surface area contributed by atoms with E-state index in [4.69, 9.17) is 0 Å². The van der Waals surface area contributed by atoms with Crippen LogP contribution in [0.4, 0.5) is 11.4 Å². The lowest BCUT2D eigenvalue weighted by Crippen LogP contribution is -2.25. The summed E-state index contributed by atoms with van der Waals surface area (Å²) in [6.07, 6.45) is 2.36. The van der Waals surface area contributed by atoms with Crippen molar-refractivity contribution in [1.82, 2.24) is 5.32 Å². The molecule has 1 saturated heterocycles. The van der Waals surface area contributed by atoms with Crippen molar-refractivity contribution < 1.29 is 14.4 Å². The Morgan fingerprint density at radius 3 is 2.57 bits per heavy atom. The molecule has 6 nitrogen and oxygen atoms in total. The maximum absolute atomic E-state index is 12.1. The van der Waals surface area contributed by atoms with Gasteiger partial charge in [-0.05, 0) is 55.7 Å². The molecule has 1 aliphatic rings. The van der Waals surface area contributed by atoms with Gasteiger partial charge in [-0.15, -0.1) is 0 Å². The van der Waals surface area contributed by atoms with Crippen molar-refractivity contribution in [2.75, 3.05) is 23.3 Å². The molecule has 0 bridgehead atoms. The van der Waals surface area contributed by atoms with Crippen LogP contribution in [-0.2, 0) is 9.59 Å². The molecule has 2 aromatic rings. The lowest BCUT2D eigenvalue weighted by atomic mass is 10.1. The van der Waals surface area contributed by atoms with E-state index in [1.165, 1.54) is 0 Å². The third kappa shape index (κ3) is 4.97. The number of aryl methyl sites for hydroxylation is 1. The van der Waals surface area contributed by atoms with Crippen LogP contribution >= 0.6 is 0 Å². The van der Waals surface area contributed by atoms with Crippen LogP contribution in [0.1, 0.15) is 41.6 Å². The smallest absolute Gasteiger partial charge is 0.251 e. The quantitative estimate of drug-likeness (QED) is 0.725. The zero-order valence-electron chi connectivity index (χ0n) is 16.0. The summed E-state index contributed by atoms with van der Waals surface area (Å²) in [5, 5.41) is 5.69. The van der Waals surface area contributed by atoms with Gasteiger partial charge in [0.05, 0.1) is 0 Å². The number of rotatable bonds is 7. The van der Waals surface area contributed by atoms with E-state index in [1.54, 1.807) is 17.0 Å². The number of benzene rings is 2. The normalized spacial score (nSPS) is 13.5. The number of carbonyl (C=O) groups is 3. The molecule has 0 unspecified atom stereocenters. The highest BCUT2D eigenvalue weighted by Gasteiger charge is 2.23. The van der Waals surface area contributed by atoms with Gasteiger partial charge in [0.25, 0.3) is 5.91 Å². The lowest BCUT2D eigenvalue weighted by Gasteiger charge is -2.19. The number of amides is 3. The third-order valence-electron chi connectivity index (χ3n) is 4.75. The van der Waals surface area contributed by atoms with Crippen molar-refractivity contribution in [3.8, 4) is 0 Å². The minimum Gasteiger partial charge on any atom is -0.352 e. The van der Waals surface area contributed by atoms with Gasteiger partial charge in [0.15, 0.2) is 0 Å². The Kier molecular flexibility index (Phi) is 6.42. The summed E-state index contributed by atoms with van der Waals surface area (Å²) in [6, 6.07) is 14.6. The van der Waals surface area contributed by atoms with Crippen molar-refractivity contribution in [1.29, 1.82) is 0 Å². The highest BCUT2D eigenvalue weighted by Crippen LogP contribution is 2.27. The molecule has 0 saturated carbocycles. The summed E-state index contributed by atoms with van der Waals surface area (Å²) in [4.78, 5) is 37.8. The van der Waals surface area contributed by atoms with Gasteiger partial charge >= 0.3 is 0 Å². The summed E-state index contributed by atoms with van der Waals surface area (Å²) >= 11 is 0. The highest BCUT2D eigenvalue weighted by atomic mass is 16.2. The first-order valence-electron chi connectivity index (χ1n) is 9.59. The molecule has 0 atom stereocenters. The first kappa shape index (κ1) is 19.6. The Labute approximate surface area is 164 Å². The van der Waals surface area contributed by atoms with Crippen LogP contribution in [-0.4, -0.2) is 30.8 Å². The van der Waals surface area contributed by atoms with E-state index in [1.807, 2.05) is 43.3 Å². The van der Waals surface area contributed by atoms with Gasteiger partial charge in [-0.2, -0.15) is 0 Å². The number of hydrogen-bond acceptors (Lipinski definition) is 3. The number of nitrogens with zero attached hydrogens (tertiary/aromatic N) is 1. The first-order chi connectivity index (χ1) is 13.5. The molecule has 28 heavy (non-hydrogen) atoms. The fraction of sp³-hybridized carbons (Fsp3) is 0.318. The largest absolute Gasteiger partial charge is 0.352 e. The molecule has 146 valence electrons. The third-order valence-corrected chi connectivity index (χ3v) is 4.75. The molecule has 1 fully saturated rings. The molecule has 0 spiro atoms. The van der Waals surface area contributed by atoms with Crippen LogP contribution in [0.25, 0.3) is 0 Å². The van der Waals surface area contributed by atoms with E-state index in [-0.39, 0.29) is 17.7 Å². The number of carbonyl (C=O) groups excluding carboxylic acids is 3. The maximum atomic E-state index is 12.1. The SMILES string of the molecule is Cc1cc(NC(=O)CCCNC(=O)c2ccccc2)ccc1N1CCCC1=O. The summed E-state index contributed by atoms with van der Waals surface area (Å²) < 4.78 is 0. The zero-order valence-corrected chi connectivity index (χ0v) is 16.0. The molecule has 3 rings (SSSR count). The monoisotopic (exact) mass is 379 g/mol. The van der Waals surface area contributed by atoms with Crippen LogP contribution in [0.2, 0.25) is 0 Å². The Morgan fingerprint density at radius 2 is 1.89 bits per heavy atom. The fourth-order valence-corrected chi connectivity index (χ4v) is 3.30. The van der Waals surface area contributed by atoms with Crippen LogP contribution in [0.15, 0.2) is 48.5 Å². The van der Waals surface area contributed by atoms with Gasteiger partial charge in [-0.25, -0.2) is 0 Å². The molecule has 1 aliphatic heterocycles. The molecule has 0 aromatic heterocycles. The molecule has 3 amide bonds. The van der Waals surface area contributed by atoms with Crippen LogP contribution in [0, 0.1) is 6.92 Å². The van der Waals surface area contributed by atoms with E-state index in [2.05, 4.69) is 10.6 Å². The predicted molar refractivity (Wildman–Crippen MR) is 109 cm³/mol. The molecular formula is C22H25N3O3. The average molecular weight is 379 g/mol. The van der Waals surface area contributed by atoms with E-state index >= 15 is 0 Å². The fourth-order valence-electron chi connectivity index (χ4n) is 3.30. The minimum atomic E-state index is -0.135. The Bertz CT molecular complexity index is 865. The summed E-state index contributed by atoms with van der Waals surface area (Å²) in [7, 11) is 0. The van der Waals surface area contributed by atoms with Gasteiger partial charge in [-0.1, -0.05) is 18.2 Å². The molecule has 1 heterocycles. The van der Waals surface area contributed by atoms with Gasteiger partial charge in [0, 0.05) is 42.9 Å². The standard InChI is InChI=1S/C22H25N3O3/c1-16-15-18(11-12-19(16)25-14-6-10-21(25)27)24-20(26)9-5-13-23-22(28)17-7-3-2-4-8-17/h2-4,7-8,11-12,15H,5-6,9-10,13-14H2,1H3,(H,23,28)(H,24,26). The molecular weight excluding hydrogens is 354 g/mol. The van der Waals surface area contributed by atoms with E-state index < -0.39 is 0 Å². The van der Waals surface area contributed by atoms with Crippen molar-refractivity contribution in [3.05, 3.63) is 59.7 Å². The summed E-state index contributed by atoms with van der Waals surface area (Å²) in [5.41, 5.74) is 3.19. The predicted octanol–water partition coefficient (Wildman–Crippen LogP) is 3.27. The van der Waals surface area contributed by atoms with Crippen molar-refractivity contribution in [3.63, 3.8) is 0 Å². The van der Waals surface area contributed by atoms with Gasteiger partial charge in [-0.3, -0.25) is 14.4 Å². The lowest BCUT2D eigenvalue weighted by molar-refractivity contribution is -0.117. The van der Waals surface area contributed by atoms with Crippen molar-refractivity contribution in [2.24, 2.45) is 0 Å². The van der Waals surface area contributed by atoms with E-state index in [0.29, 0.717) is 37.1 Å². The Morgan fingerprint density at radius 1 is 1.11 bits per heavy atom. The minimum absolute atomic E-state index is 0.0987. The van der Waals surface area contributed by atoms with Crippen LogP contribution < -0.4 is 15.5 Å². The molecule has 2 N–H and O–H groups in total. The molecule has 6 heteroatoms. The summed E-state index contributed by atoms with van der Waals surface area (Å²) in [6.45, 7) is 3.13. The zero-order chi connectivity index (χ0) is 19.9.